The summed E-state index contributed by atoms with van der Waals surface area (Å²) in [5.41, 5.74) is -0.505. The molecular formula is C20H33BN4O4. The summed E-state index contributed by atoms with van der Waals surface area (Å²) in [6.07, 6.45) is 5.13. The lowest BCUT2D eigenvalue weighted by atomic mass is 9.81. The van der Waals surface area contributed by atoms with Gasteiger partial charge in [0.1, 0.15) is 5.60 Å². The van der Waals surface area contributed by atoms with Gasteiger partial charge < -0.3 is 24.3 Å². The summed E-state index contributed by atoms with van der Waals surface area (Å²) in [4.78, 5) is 23.2. The maximum absolute atomic E-state index is 11.9. The molecule has 1 aromatic heterocycles. The van der Waals surface area contributed by atoms with Crippen LogP contribution in [0, 0.1) is 0 Å². The van der Waals surface area contributed by atoms with E-state index in [1.54, 1.807) is 12.4 Å². The first kappa shape index (κ1) is 21.8. The summed E-state index contributed by atoms with van der Waals surface area (Å²) in [5, 5.41) is 2.86. The normalized spacial score (nSPS) is 23.3. The van der Waals surface area contributed by atoms with Crippen LogP contribution < -0.4 is 15.7 Å². The second-order valence-electron chi connectivity index (χ2n) is 9.78. The molecule has 2 aliphatic heterocycles. The Kier molecular flexibility index (Phi) is 5.84. The van der Waals surface area contributed by atoms with Crippen LogP contribution in [0.15, 0.2) is 12.4 Å². The predicted octanol–water partition coefficient (Wildman–Crippen LogP) is 2.27. The standard InChI is InChI=1S/C20H33BN4O4/c1-18(2,3)27-17(26)24-13-15-9-8-10-25(15)16-22-11-14(12-23-16)21-28-19(4,5)20(6,7)29-21/h11-12,15H,8-10,13H2,1-7H3,(H,24,26). The zero-order chi connectivity index (χ0) is 21.4. The molecule has 0 aliphatic carbocycles. The SMILES string of the molecule is CC(C)(C)OC(=O)NCC1CCCN1c1ncc(B2OC(C)(C)C(C)(C)O2)cn1. The minimum absolute atomic E-state index is 0.144. The van der Waals surface area contributed by atoms with Crippen molar-refractivity contribution >= 4 is 24.6 Å². The number of carbonyl (C=O) groups is 1. The fourth-order valence-corrected chi connectivity index (χ4v) is 3.41. The first-order valence-corrected chi connectivity index (χ1v) is 10.3. The first-order valence-electron chi connectivity index (χ1n) is 10.3. The van der Waals surface area contributed by atoms with Crippen LogP contribution >= 0.6 is 0 Å². The van der Waals surface area contributed by atoms with Crippen molar-refractivity contribution in [2.45, 2.75) is 84.2 Å². The first-order chi connectivity index (χ1) is 13.4. The van der Waals surface area contributed by atoms with Crippen molar-refractivity contribution in [3.05, 3.63) is 12.4 Å². The van der Waals surface area contributed by atoms with Crippen LogP contribution in [0.25, 0.3) is 0 Å². The van der Waals surface area contributed by atoms with Crippen LogP contribution in [-0.4, -0.2) is 59.1 Å². The maximum Gasteiger partial charge on any atom is 0.498 e. The molecule has 0 bridgehead atoms. The van der Waals surface area contributed by atoms with E-state index >= 15 is 0 Å². The lowest BCUT2D eigenvalue weighted by Gasteiger charge is -2.32. The number of amides is 1. The highest BCUT2D eigenvalue weighted by molar-refractivity contribution is 6.61. The molecule has 160 valence electrons. The summed E-state index contributed by atoms with van der Waals surface area (Å²) >= 11 is 0. The van der Waals surface area contributed by atoms with Gasteiger partial charge in [0.2, 0.25) is 5.95 Å². The lowest BCUT2D eigenvalue weighted by molar-refractivity contribution is 0.00578. The number of hydrogen-bond donors (Lipinski definition) is 1. The molecule has 2 aliphatic rings. The molecule has 0 aromatic carbocycles. The van der Waals surface area contributed by atoms with E-state index in [4.69, 9.17) is 14.0 Å². The zero-order valence-electron chi connectivity index (χ0n) is 18.6. The Hall–Kier alpha value is -1.87. The summed E-state index contributed by atoms with van der Waals surface area (Å²) in [7, 11) is -0.475. The van der Waals surface area contributed by atoms with Gasteiger partial charge in [-0.05, 0) is 61.3 Å². The van der Waals surface area contributed by atoms with Gasteiger partial charge in [0.05, 0.1) is 11.2 Å². The Morgan fingerprint density at radius 3 is 2.38 bits per heavy atom. The third-order valence-corrected chi connectivity index (χ3v) is 5.70. The number of alkyl carbamates (subject to hydrolysis) is 1. The second kappa shape index (κ2) is 7.76. The molecule has 9 heteroatoms. The van der Waals surface area contributed by atoms with Gasteiger partial charge in [-0.25, -0.2) is 14.8 Å². The quantitative estimate of drug-likeness (QED) is 0.771. The Morgan fingerprint density at radius 2 is 1.83 bits per heavy atom. The van der Waals surface area contributed by atoms with Crippen molar-refractivity contribution in [1.82, 2.24) is 15.3 Å². The van der Waals surface area contributed by atoms with Crippen molar-refractivity contribution < 1.29 is 18.8 Å². The van der Waals surface area contributed by atoms with E-state index in [1.165, 1.54) is 0 Å². The van der Waals surface area contributed by atoms with Gasteiger partial charge in [-0.3, -0.25) is 0 Å². The van der Waals surface area contributed by atoms with Gasteiger partial charge in [-0.15, -0.1) is 0 Å². The Balaban J connectivity index is 1.61. The van der Waals surface area contributed by atoms with Gasteiger partial charge in [0.25, 0.3) is 0 Å². The molecule has 3 rings (SSSR count). The number of carbonyl (C=O) groups excluding carboxylic acids is 1. The van der Waals surface area contributed by atoms with Gasteiger partial charge >= 0.3 is 13.2 Å². The van der Waals surface area contributed by atoms with E-state index in [0.29, 0.717) is 12.5 Å². The molecule has 2 saturated heterocycles. The van der Waals surface area contributed by atoms with Crippen molar-refractivity contribution in [3.8, 4) is 0 Å². The van der Waals surface area contributed by atoms with Crippen molar-refractivity contribution in [3.63, 3.8) is 0 Å². The van der Waals surface area contributed by atoms with Gasteiger partial charge in [-0.1, -0.05) is 0 Å². The number of hydrogen-bond acceptors (Lipinski definition) is 7. The summed E-state index contributed by atoms with van der Waals surface area (Å²) in [6, 6.07) is 0.144. The summed E-state index contributed by atoms with van der Waals surface area (Å²) in [5.74, 6) is 0.652. The number of aromatic nitrogens is 2. The average Bonchev–Trinajstić information content (AvgIpc) is 3.14. The summed E-state index contributed by atoms with van der Waals surface area (Å²) in [6.45, 7) is 15.0. The van der Waals surface area contributed by atoms with Crippen LogP contribution in [0.2, 0.25) is 0 Å². The van der Waals surface area contributed by atoms with Crippen molar-refractivity contribution in [2.75, 3.05) is 18.0 Å². The minimum Gasteiger partial charge on any atom is -0.444 e. The molecule has 1 unspecified atom stereocenters. The zero-order valence-corrected chi connectivity index (χ0v) is 18.6. The molecule has 29 heavy (non-hydrogen) atoms. The minimum atomic E-state index is -0.508. The third kappa shape index (κ3) is 5.01. The molecule has 1 amide bonds. The number of ether oxygens (including phenoxy) is 1. The van der Waals surface area contributed by atoms with Crippen LogP contribution in [-0.2, 0) is 14.0 Å². The smallest absolute Gasteiger partial charge is 0.444 e. The van der Waals surface area contributed by atoms with Crippen molar-refractivity contribution in [1.29, 1.82) is 0 Å². The number of anilines is 1. The highest BCUT2D eigenvalue weighted by Crippen LogP contribution is 2.36. The lowest BCUT2D eigenvalue weighted by Crippen LogP contribution is -2.43. The number of nitrogens with one attached hydrogen (secondary N) is 1. The molecule has 8 nitrogen and oxygen atoms in total. The fourth-order valence-electron chi connectivity index (χ4n) is 3.41. The Labute approximate surface area is 173 Å². The number of rotatable bonds is 4. The van der Waals surface area contributed by atoms with Crippen molar-refractivity contribution in [2.24, 2.45) is 0 Å². The van der Waals surface area contributed by atoms with Crippen LogP contribution in [0.1, 0.15) is 61.3 Å². The fraction of sp³-hybridized carbons (Fsp3) is 0.750. The Bertz CT molecular complexity index is 717. The predicted molar refractivity (Wildman–Crippen MR) is 112 cm³/mol. The second-order valence-corrected chi connectivity index (χ2v) is 9.78. The Morgan fingerprint density at radius 1 is 1.24 bits per heavy atom. The molecule has 1 atom stereocenters. The molecule has 0 radical (unpaired) electrons. The molecular weight excluding hydrogens is 371 g/mol. The van der Waals surface area contributed by atoms with E-state index in [-0.39, 0.29) is 6.04 Å². The van der Waals surface area contributed by atoms with Crippen LogP contribution in [0.4, 0.5) is 10.7 Å². The van der Waals surface area contributed by atoms with Gasteiger partial charge in [0.15, 0.2) is 0 Å². The van der Waals surface area contributed by atoms with E-state index in [0.717, 1.165) is 24.8 Å². The van der Waals surface area contributed by atoms with E-state index in [2.05, 4.69) is 20.2 Å². The van der Waals surface area contributed by atoms with Gasteiger partial charge in [-0.2, -0.15) is 0 Å². The maximum atomic E-state index is 11.9. The topological polar surface area (TPSA) is 85.8 Å². The van der Waals surface area contributed by atoms with E-state index < -0.39 is 30.0 Å². The molecule has 0 saturated carbocycles. The monoisotopic (exact) mass is 404 g/mol. The highest BCUT2D eigenvalue weighted by atomic mass is 16.7. The largest absolute Gasteiger partial charge is 0.498 e. The molecule has 0 spiro atoms. The molecule has 3 heterocycles. The average molecular weight is 404 g/mol. The van der Waals surface area contributed by atoms with Crippen LogP contribution in [0.3, 0.4) is 0 Å². The molecule has 1 N–H and O–H groups in total. The highest BCUT2D eigenvalue weighted by Gasteiger charge is 2.52. The van der Waals surface area contributed by atoms with Gasteiger partial charge in [0, 0.05) is 37.0 Å². The van der Waals surface area contributed by atoms with Crippen LogP contribution in [0.5, 0.6) is 0 Å². The van der Waals surface area contributed by atoms with E-state index in [9.17, 15) is 4.79 Å². The molecule has 1 aromatic rings. The summed E-state index contributed by atoms with van der Waals surface area (Å²) < 4.78 is 17.4. The third-order valence-electron chi connectivity index (χ3n) is 5.70. The number of nitrogens with zero attached hydrogens (tertiary/aromatic N) is 3. The molecule has 2 fully saturated rings. The van der Waals surface area contributed by atoms with E-state index in [1.807, 2.05) is 48.5 Å².